The molecule has 0 amide bonds. The van der Waals surface area contributed by atoms with Crippen LogP contribution in [-0.2, 0) is 4.74 Å². The number of non-ortho nitro benzene ring substituents is 1. The van der Waals surface area contributed by atoms with E-state index in [0.717, 1.165) is 5.57 Å². The van der Waals surface area contributed by atoms with Crippen molar-refractivity contribution in [2.75, 3.05) is 0 Å². The van der Waals surface area contributed by atoms with Gasteiger partial charge in [-0.15, -0.1) is 0 Å². The van der Waals surface area contributed by atoms with Gasteiger partial charge in [-0.2, -0.15) is 0 Å². The zero-order valence-electron chi connectivity index (χ0n) is 9.47. The zero-order valence-corrected chi connectivity index (χ0v) is 9.47. The quantitative estimate of drug-likeness (QED) is 0.264. The van der Waals surface area contributed by atoms with E-state index < -0.39 is 10.9 Å². The summed E-state index contributed by atoms with van der Waals surface area (Å²) >= 11 is 0. The van der Waals surface area contributed by atoms with Gasteiger partial charge in [0.25, 0.3) is 5.69 Å². The van der Waals surface area contributed by atoms with Gasteiger partial charge in [-0.1, -0.05) is 5.73 Å². The SMILES string of the molecule is CC(C)=C=COC(=O)c1ccc([N+](=O)[O-])cc1. The number of ether oxygens (including phenoxy) is 1. The van der Waals surface area contributed by atoms with Gasteiger partial charge in [-0.05, 0) is 31.6 Å². The Kier molecular flexibility index (Phi) is 4.20. The highest BCUT2D eigenvalue weighted by atomic mass is 16.6. The van der Waals surface area contributed by atoms with Crippen molar-refractivity contribution in [1.29, 1.82) is 0 Å². The van der Waals surface area contributed by atoms with Gasteiger partial charge in [-0.3, -0.25) is 10.1 Å². The molecule has 88 valence electrons. The second-order valence-electron chi connectivity index (χ2n) is 3.47. The lowest BCUT2D eigenvalue weighted by molar-refractivity contribution is -0.384. The summed E-state index contributed by atoms with van der Waals surface area (Å²) in [6.07, 6.45) is 1.17. The Labute approximate surface area is 98.2 Å². The van der Waals surface area contributed by atoms with Crippen molar-refractivity contribution < 1.29 is 14.5 Å². The Morgan fingerprint density at radius 3 is 2.41 bits per heavy atom. The van der Waals surface area contributed by atoms with Crippen molar-refractivity contribution in [2.24, 2.45) is 0 Å². The Bertz CT molecular complexity index is 492. The van der Waals surface area contributed by atoms with E-state index in [1.807, 2.05) is 13.8 Å². The number of allylic oxidation sites excluding steroid dienone is 1. The Balaban J connectivity index is 2.77. The molecule has 17 heavy (non-hydrogen) atoms. The number of nitrogens with zero attached hydrogens (tertiary/aromatic N) is 1. The van der Waals surface area contributed by atoms with Crippen LogP contribution in [0.3, 0.4) is 0 Å². The maximum atomic E-state index is 11.4. The van der Waals surface area contributed by atoms with Gasteiger partial charge in [0.15, 0.2) is 0 Å². The highest BCUT2D eigenvalue weighted by Gasteiger charge is 2.09. The molecule has 1 rings (SSSR count). The smallest absolute Gasteiger partial charge is 0.343 e. The lowest BCUT2D eigenvalue weighted by atomic mass is 10.2. The molecule has 0 bridgehead atoms. The fourth-order valence-electron chi connectivity index (χ4n) is 0.988. The minimum Gasteiger partial charge on any atom is -0.422 e. The van der Waals surface area contributed by atoms with E-state index in [1.165, 1.54) is 30.5 Å². The number of benzene rings is 1. The predicted molar refractivity (Wildman–Crippen MR) is 61.5 cm³/mol. The molecule has 1 aromatic carbocycles. The number of carbonyl (C=O) groups excluding carboxylic acids is 1. The first-order chi connectivity index (χ1) is 8.00. The second kappa shape index (κ2) is 5.63. The molecule has 0 aliphatic carbocycles. The summed E-state index contributed by atoms with van der Waals surface area (Å²) in [4.78, 5) is 21.3. The van der Waals surface area contributed by atoms with E-state index in [9.17, 15) is 14.9 Å². The Morgan fingerprint density at radius 1 is 1.35 bits per heavy atom. The lowest BCUT2D eigenvalue weighted by Gasteiger charge is -1.97. The van der Waals surface area contributed by atoms with Crippen molar-refractivity contribution in [3.8, 4) is 0 Å². The van der Waals surface area contributed by atoms with Crippen molar-refractivity contribution in [1.82, 2.24) is 0 Å². The number of nitro groups is 1. The molecule has 0 aliphatic heterocycles. The van der Waals surface area contributed by atoms with Crippen LogP contribution in [0.4, 0.5) is 5.69 Å². The van der Waals surface area contributed by atoms with Gasteiger partial charge in [0, 0.05) is 12.1 Å². The van der Waals surface area contributed by atoms with E-state index in [2.05, 4.69) is 5.73 Å². The molecule has 0 saturated heterocycles. The molecule has 0 heterocycles. The molecular formula is C12H11NO4. The van der Waals surface area contributed by atoms with Crippen LogP contribution in [0.25, 0.3) is 0 Å². The van der Waals surface area contributed by atoms with Gasteiger partial charge in [0.05, 0.1) is 10.5 Å². The Hall–Kier alpha value is -2.39. The summed E-state index contributed by atoms with van der Waals surface area (Å²) in [6, 6.07) is 5.19. The molecule has 0 saturated carbocycles. The van der Waals surface area contributed by atoms with Crippen molar-refractivity contribution in [3.63, 3.8) is 0 Å². The summed E-state index contributed by atoms with van der Waals surface area (Å²) in [6.45, 7) is 3.63. The van der Waals surface area contributed by atoms with Crippen LogP contribution >= 0.6 is 0 Å². The van der Waals surface area contributed by atoms with Gasteiger partial charge >= 0.3 is 5.97 Å². The fourth-order valence-corrected chi connectivity index (χ4v) is 0.988. The van der Waals surface area contributed by atoms with Crippen LogP contribution in [0, 0.1) is 10.1 Å². The molecule has 0 unspecified atom stereocenters. The third-order valence-electron chi connectivity index (χ3n) is 1.83. The normalized spacial score (nSPS) is 9.06. The van der Waals surface area contributed by atoms with Gasteiger partial charge in [-0.25, -0.2) is 4.79 Å². The average molecular weight is 233 g/mol. The summed E-state index contributed by atoms with van der Waals surface area (Å²) in [5.41, 5.74) is 3.78. The highest BCUT2D eigenvalue weighted by molar-refractivity contribution is 5.90. The largest absolute Gasteiger partial charge is 0.422 e. The van der Waals surface area contributed by atoms with Crippen molar-refractivity contribution in [2.45, 2.75) is 13.8 Å². The maximum absolute atomic E-state index is 11.4. The van der Waals surface area contributed by atoms with E-state index in [0.29, 0.717) is 0 Å². The summed E-state index contributed by atoms with van der Waals surface area (Å²) in [5, 5.41) is 10.4. The predicted octanol–water partition coefficient (Wildman–Crippen LogP) is 2.83. The van der Waals surface area contributed by atoms with Crippen LogP contribution in [0.2, 0.25) is 0 Å². The van der Waals surface area contributed by atoms with Crippen LogP contribution in [0.15, 0.2) is 41.8 Å². The van der Waals surface area contributed by atoms with Crippen molar-refractivity contribution in [3.05, 3.63) is 57.5 Å². The van der Waals surface area contributed by atoms with Crippen LogP contribution in [-0.4, -0.2) is 10.9 Å². The first-order valence-corrected chi connectivity index (χ1v) is 4.84. The van der Waals surface area contributed by atoms with Crippen LogP contribution < -0.4 is 0 Å². The maximum Gasteiger partial charge on any atom is 0.343 e. The molecule has 5 nitrogen and oxygen atoms in total. The van der Waals surface area contributed by atoms with Gasteiger partial charge < -0.3 is 4.74 Å². The fraction of sp³-hybridized carbons (Fsp3) is 0.167. The van der Waals surface area contributed by atoms with E-state index in [1.54, 1.807) is 0 Å². The van der Waals surface area contributed by atoms with Gasteiger partial charge in [0.2, 0.25) is 0 Å². The van der Waals surface area contributed by atoms with Crippen LogP contribution in [0.1, 0.15) is 24.2 Å². The number of hydrogen-bond acceptors (Lipinski definition) is 4. The second-order valence-corrected chi connectivity index (χ2v) is 3.47. The molecule has 0 aliphatic rings. The number of esters is 1. The lowest BCUT2D eigenvalue weighted by Crippen LogP contribution is -2.00. The summed E-state index contributed by atoms with van der Waals surface area (Å²) in [5.74, 6) is -0.575. The average Bonchev–Trinajstić information content (AvgIpc) is 2.28. The minimum atomic E-state index is -0.575. The number of carbonyl (C=O) groups is 1. The molecule has 0 atom stereocenters. The topological polar surface area (TPSA) is 69.4 Å². The number of hydrogen-bond donors (Lipinski definition) is 0. The molecule has 0 N–H and O–H groups in total. The van der Waals surface area contributed by atoms with E-state index in [4.69, 9.17) is 4.74 Å². The molecule has 0 spiro atoms. The molecule has 0 fully saturated rings. The number of rotatable bonds is 3. The van der Waals surface area contributed by atoms with Crippen LogP contribution in [0.5, 0.6) is 0 Å². The number of nitro benzene ring substituents is 1. The summed E-state index contributed by atoms with van der Waals surface area (Å²) < 4.78 is 4.77. The zero-order chi connectivity index (χ0) is 12.8. The third kappa shape index (κ3) is 3.93. The standard InChI is InChI=1S/C12H11NO4/c1-9(2)7-8-17-12(14)10-3-5-11(6-4-10)13(15)16/h3-6,8H,1-2H3. The monoisotopic (exact) mass is 233 g/mol. The highest BCUT2D eigenvalue weighted by Crippen LogP contribution is 2.12. The minimum absolute atomic E-state index is 0.0682. The van der Waals surface area contributed by atoms with Gasteiger partial charge in [0.1, 0.15) is 6.26 Å². The third-order valence-corrected chi connectivity index (χ3v) is 1.83. The Morgan fingerprint density at radius 2 is 1.94 bits per heavy atom. The summed E-state index contributed by atoms with van der Waals surface area (Å²) in [7, 11) is 0. The van der Waals surface area contributed by atoms with Crippen molar-refractivity contribution >= 4 is 11.7 Å². The first kappa shape index (κ1) is 12.7. The molecule has 0 radical (unpaired) electrons. The molecule has 1 aromatic rings. The first-order valence-electron chi connectivity index (χ1n) is 4.84. The van der Waals surface area contributed by atoms with E-state index >= 15 is 0 Å². The van der Waals surface area contributed by atoms with E-state index in [-0.39, 0.29) is 11.3 Å². The molecule has 0 aromatic heterocycles. The molecular weight excluding hydrogens is 222 g/mol. The molecule has 5 heteroatoms.